The van der Waals surface area contributed by atoms with Crippen LogP contribution in [0.5, 0.6) is 11.5 Å². The van der Waals surface area contributed by atoms with E-state index in [4.69, 9.17) is 5.73 Å². The van der Waals surface area contributed by atoms with Crippen molar-refractivity contribution in [3.05, 3.63) is 34.4 Å². The monoisotopic (exact) mass is 427 g/mol. The number of ketones is 4. The fraction of sp³-hybridized carbons (Fsp3) is 0.364. The van der Waals surface area contributed by atoms with E-state index in [2.05, 4.69) is 0 Å². The van der Waals surface area contributed by atoms with Gasteiger partial charge in [-0.2, -0.15) is 0 Å². The van der Waals surface area contributed by atoms with Gasteiger partial charge in [0.15, 0.2) is 23.0 Å². The molecule has 5 atom stereocenters. The normalized spacial score (nSPS) is 29.2. The minimum atomic E-state index is -3.03. The van der Waals surface area contributed by atoms with Crippen molar-refractivity contribution < 1.29 is 39.6 Å². The number of hydrogen-bond donors (Lipinski definition) is 5. The van der Waals surface area contributed by atoms with Gasteiger partial charge in [-0.15, -0.1) is 0 Å². The topological polar surface area (TPSA) is 175 Å². The highest BCUT2D eigenvalue weighted by molar-refractivity contribution is 6.35. The number of aryl methyl sites for hydroxylation is 2. The molecular formula is C22H21NO8. The maximum atomic E-state index is 13.4. The fourth-order valence-corrected chi connectivity index (χ4v) is 4.90. The third-order valence-electron chi connectivity index (χ3n) is 6.57. The maximum Gasteiger partial charge on any atom is 0.207 e. The van der Waals surface area contributed by atoms with Crippen LogP contribution in [0.4, 0.5) is 0 Å². The molecule has 162 valence electrons. The Morgan fingerprint density at radius 1 is 1.03 bits per heavy atom. The minimum Gasteiger partial charge on any atom is -0.507 e. The van der Waals surface area contributed by atoms with Crippen molar-refractivity contribution in [1.29, 1.82) is 0 Å². The average molecular weight is 427 g/mol. The van der Waals surface area contributed by atoms with Gasteiger partial charge in [0.2, 0.25) is 5.78 Å². The molecule has 0 saturated heterocycles. The summed E-state index contributed by atoms with van der Waals surface area (Å²) in [4.78, 5) is 52.5. The van der Waals surface area contributed by atoms with E-state index in [0.29, 0.717) is 5.56 Å². The highest BCUT2D eigenvalue weighted by atomic mass is 16.3. The molecular weight excluding hydrogens is 406 g/mol. The molecule has 0 radical (unpaired) electrons. The number of fused-ring (bicyclic) bond motifs is 3. The first kappa shape index (κ1) is 21.1. The quantitative estimate of drug-likeness (QED) is 0.394. The molecule has 0 spiro atoms. The van der Waals surface area contributed by atoms with E-state index in [0.717, 1.165) is 6.92 Å². The summed E-state index contributed by atoms with van der Waals surface area (Å²) >= 11 is 0. The van der Waals surface area contributed by atoms with E-state index in [1.165, 1.54) is 6.92 Å². The van der Waals surface area contributed by atoms with Crippen molar-refractivity contribution in [2.45, 2.75) is 38.5 Å². The number of nitrogens with two attached hydrogens (primary N) is 1. The summed E-state index contributed by atoms with van der Waals surface area (Å²) in [7, 11) is 0. The number of benzene rings is 2. The van der Waals surface area contributed by atoms with Gasteiger partial charge in [0, 0.05) is 5.56 Å². The Bertz CT molecular complexity index is 1230. The Hall–Kier alpha value is -3.14. The molecule has 3 unspecified atom stereocenters. The number of phenolic OH excluding ortho intramolecular Hbond substituents is 2. The molecule has 0 amide bonds. The smallest absolute Gasteiger partial charge is 0.207 e. The molecule has 2 aliphatic carbocycles. The molecule has 2 aromatic carbocycles. The molecule has 1 saturated carbocycles. The summed E-state index contributed by atoms with van der Waals surface area (Å²) in [6.07, 6.45) is -1.56. The van der Waals surface area contributed by atoms with Crippen LogP contribution >= 0.6 is 0 Å². The number of aliphatic hydroxyl groups excluding tert-OH is 1. The zero-order valence-corrected chi connectivity index (χ0v) is 17.0. The summed E-state index contributed by atoms with van der Waals surface area (Å²) in [6, 6.07) is 1.41. The predicted octanol–water partition coefficient (Wildman–Crippen LogP) is 0.0702. The molecule has 2 aromatic rings. The first-order valence-electron chi connectivity index (χ1n) is 9.68. The summed E-state index contributed by atoms with van der Waals surface area (Å²) in [6.45, 7) is 4.19. The molecule has 6 N–H and O–H groups in total. The van der Waals surface area contributed by atoms with Crippen LogP contribution in [-0.4, -0.2) is 61.3 Å². The van der Waals surface area contributed by atoms with Crippen molar-refractivity contribution in [2.75, 3.05) is 0 Å². The number of hydrogen-bond acceptors (Lipinski definition) is 9. The van der Waals surface area contributed by atoms with Crippen LogP contribution in [0.15, 0.2) is 12.1 Å². The van der Waals surface area contributed by atoms with Gasteiger partial charge in [-0.3, -0.25) is 19.2 Å². The van der Waals surface area contributed by atoms with Gasteiger partial charge >= 0.3 is 0 Å². The van der Waals surface area contributed by atoms with Gasteiger partial charge in [0.1, 0.15) is 17.4 Å². The standard InChI is InChI=1S/C22H21NO8/c1-6-4-5-9-7(2)10-13(17(26)12(9)16(6)25)21(30)22(31)14(18(10)27)15(23)19(28)11(8(3)24)20(22)29/h4-5,8,11,14-15,24-26,31H,23H2,1-3H3/t8?,11?,14?,15-,22-/m1/s1. The predicted molar refractivity (Wildman–Crippen MR) is 107 cm³/mol. The lowest BCUT2D eigenvalue weighted by molar-refractivity contribution is -0.157. The zero-order chi connectivity index (χ0) is 23.2. The van der Waals surface area contributed by atoms with E-state index in [-0.39, 0.29) is 27.6 Å². The van der Waals surface area contributed by atoms with Gasteiger partial charge in [-0.1, -0.05) is 12.1 Å². The fourth-order valence-electron chi connectivity index (χ4n) is 4.90. The highest BCUT2D eigenvalue weighted by Gasteiger charge is 2.67. The van der Waals surface area contributed by atoms with Crippen molar-refractivity contribution in [2.24, 2.45) is 17.6 Å². The third kappa shape index (κ3) is 2.36. The van der Waals surface area contributed by atoms with Crippen LogP contribution < -0.4 is 5.73 Å². The van der Waals surface area contributed by atoms with E-state index in [1.54, 1.807) is 19.1 Å². The Kier molecular flexibility index (Phi) is 4.38. The number of phenols is 2. The number of Topliss-reactive ketones (excluding diaryl/α,β-unsaturated/α-hetero) is 4. The Morgan fingerprint density at radius 2 is 1.65 bits per heavy atom. The van der Waals surface area contributed by atoms with Crippen LogP contribution in [0.3, 0.4) is 0 Å². The lowest BCUT2D eigenvalue weighted by Crippen LogP contribution is -2.72. The average Bonchev–Trinajstić information content (AvgIpc) is 2.69. The zero-order valence-electron chi connectivity index (χ0n) is 17.0. The van der Waals surface area contributed by atoms with Gasteiger partial charge in [0.05, 0.1) is 29.0 Å². The highest BCUT2D eigenvalue weighted by Crippen LogP contribution is 2.49. The number of aromatic hydroxyl groups is 2. The summed E-state index contributed by atoms with van der Waals surface area (Å²) in [5.74, 6) is -9.29. The number of carbonyl (C=O) groups is 4. The van der Waals surface area contributed by atoms with Crippen LogP contribution in [-0.2, 0) is 9.59 Å². The first-order chi connectivity index (χ1) is 14.4. The second-order valence-electron chi connectivity index (χ2n) is 8.33. The maximum absolute atomic E-state index is 13.4. The largest absolute Gasteiger partial charge is 0.507 e. The van der Waals surface area contributed by atoms with E-state index in [1.807, 2.05) is 0 Å². The molecule has 0 aliphatic heterocycles. The molecule has 1 fully saturated rings. The first-order valence-corrected chi connectivity index (χ1v) is 9.68. The van der Waals surface area contributed by atoms with Crippen LogP contribution in [0.2, 0.25) is 0 Å². The molecule has 2 aliphatic rings. The van der Waals surface area contributed by atoms with Crippen molar-refractivity contribution in [1.82, 2.24) is 0 Å². The van der Waals surface area contributed by atoms with Crippen LogP contribution in [0.25, 0.3) is 10.8 Å². The summed E-state index contributed by atoms with van der Waals surface area (Å²) < 4.78 is 0. The van der Waals surface area contributed by atoms with Crippen molar-refractivity contribution >= 4 is 33.9 Å². The number of aliphatic hydroxyl groups is 2. The Balaban J connectivity index is 2.12. The molecule has 0 heterocycles. The van der Waals surface area contributed by atoms with Gasteiger partial charge in [-0.05, 0) is 37.3 Å². The SMILES string of the molecule is Cc1ccc2c(C)c3c(c(O)c2c1O)C(=O)[C@]1(O)C(=O)C(C(C)O)C(=O)[C@H](N)C1C3=O. The second kappa shape index (κ2) is 6.43. The number of carbonyl (C=O) groups excluding carboxylic acids is 4. The van der Waals surface area contributed by atoms with E-state index in [9.17, 15) is 39.6 Å². The summed E-state index contributed by atoms with van der Waals surface area (Å²) in [5, 5.41) is 42.7. The van der Waals surface area contributed by atoms with Crippen LogP contribution in [0.1, 0.15) is 38.8 Å². The van der Waals surface area contributed by atoms with E-state index >= 15 is 0 Å². The molecule has 0 bridgehead atoms. The van der Waals surface area contributed by atoms with Gasteiger partial charge < -0.3 is 26.2 Å². The molecule has 9 nitrogen and oxygen atoms in total. The van der Waals surface area contributed by atoms with Gasteiger partial charge in [0.25, 0.3) is 0 Å². The minimum absolute atomic E-state index is 0.102. The Morgan fingerprint density at radius 3 is 2.23 bits per heavy atom. The molecule has 0 aromatic heterocycles. The molecule has 31 heavy (non-hydrogen) atoms. The van der Waals surface area contributed by atoms with Crippen molar-refractivity contribution in [3.63, 3.8) is 0 Å². The lowest BCUT2D eigenvalue weighted by atomic mass is 9.57. The number of rotatable bonds is 1. The van der Waals surface area contributed by atoms with Crippen molar-refractivity contribution in [3.8, 4) is 11.5 Å². The second-order valence-corrected chi connectivity index (χ2v) is 8.33. The third-order valence-corrected chi connectivity index (χ3v) is 6.57. The Labute approximate surface area is 176 Å². The lowest BCUT2D eigenvalue weighted by Gasteiger charge is -2.45. The molecule has 4 rings (SSSR count). The summed E-state index contributed by atoms with van der Waals surface area (Å²) in [5.41, 5.74) is 2.62. The van der Waals surface area contributed by atoms with Crippen LogP contribution in [0, 0.1) is 25.7 Å². The molecule has 9 heteroatoms. The van der Waals surface area contributed by atoms with Gasteiger partial charge in [-0.25, -0.2) is 0 Å². The van der Waals surface area contributed by atoms with E-state index < -0.39 is 64.0 Å².